The van der Waals surface area contributed by atoms with Crippen molar-refractivity contribution in [3.05, 3.63) is 27.2 Å². The zero-order chi connectivity index (χ0) is 12.2. The SMILES string of the molecule is CC(C)(C1CC1)n1c(=O)[nH]c2cc(Br)cnc21. The van der Waals surface area contributed by atoms with Gasteiger partial charge in [0.15, 0.2) is 5.65 Å². The number of imidazole rings is 1. The molecule has 17 heavy (non-hydrogen) atoms. The van der Waals surface area contributed by atoms with Gasteiger partial charge < -0.3 is 4.98 Å². The van der Waals surface area contributed by atoms with E-state index in [2.05, 4.69) is 39.7 Å². The van der Waals surface area contributed by atoms with E-state index in [4.69, 9.17) is 0 Å². The molecule has 2 heterocycles. The van der Waals surface area contributed by atoms with Gasteiger partial charge in [-0.05, 0) is 54.6 Å². The third kappa shape index (κ3) is 1.64. The molecule has 0 saturated heterocycles. The van der Waals surface area contributed by atoms with E-state index < -0.39 is 0 Å². The van der Waals surface area contributed by atoms with Crippen molar-refractivity contribution in [3.63, 3.8) is 0 Å². The van der Waals surface area contributed by atoms with Gasteiger partial charge in [-0.15, -0.1) is 0 Å². The Balaban J connectivity index is 2.28. The van der Waals surface area contributed by atoms with Crippen molar-refractivity contribution in [1.82, 2.24) is 14.5 Å². The smallest absolute Gasteiger partial charge is 0.304 e. The van der Waals surface area contributed by atoms with E-state index >= 15 is 0 Å². The molecule has 2 aromatic heterocycles. The number of rotatable bonds is 2. The number of H-pyrrole nitrogens is 1. The van der Waals surface area contributed by atoms with Gasteiger partial charge in [0, 0.05) is 16.2 Å². The van der Waals surface area contributed by atoms with Gasteiger partial charge >= 0.3 is 5.69 Å². The summed E-state index contributed by atoms with van der Waals surface area (Å²) in [6, 6.07) is 1.89. The summed E-state index contributed by atoms with van der Waals surface area (Å²) in [6.07, 6.45) is 4.13. The molecule has 5 heteroatoms. The monoisotopic (exact) mass is 295 g/mol. The average Bonchev–Trinajstić information content (AvgIpc) is 3.01. The highest BCUT2D eigenvalue weighted by molar-refractivity contribution is 9.10. The summed E-state index contributed by atoms with van der Waals surface area (Å²) in [6.45, 7) is 4.23. The molecule has 1 aliphatic carbocycles. The molecule has 4 nitrogen and oxygen atoms in total. The molecule has 0 unspecified atom stereocenters. The topological polar surface area (TPSA) is 50.7 Å². The minimum atomic E-state index is -0.157. The maximum absolute atomic E-state index is 12.1. The van der Waals surface area contributed by atoms with Gasteiger partial charge in [0.2, 0.25) is 0 Å². The lowest BCUT2D eigenvalue weighted by molar-refractivity contribution is 0.304. The van der Waals surface area contributed by atoms with E-state index in [1.54, 1.807) is 10.8 Å². The summed E-state index contributed by atoms with van der Waals surface area (Å²) < 4.78 is 2.68. The highest BCUT2D eigenvalue weighted by Gasteiger charge is 2.41. The highest BCUT2D eigenvalue weighted by atomic mass is 79.9. The number of fused-ring (bicyclic) bond motifs is 1. The maximum atomic E-state index is 12.1. The predicted octanol–water partition coefficient (Wildman–Crippen LogP) is 2.63. The van der Waals surface area contributed by atoms with Crippen molar-refractivity contribution >= 4 is 27.1 Å². The first-order valence-electron chi connectivity index (χ1n) is 5.77. The minimum Gasteiger partial charge on any atom is -0.304 e. The van der Waals surface area contributed by atoms with E-state index in [0.29, 0.717) is 5.92 Å². The van der Waals surface area contributed by atoms with E-state index in [1.807, 2.05) is 6.07 Å². The summed E-state index contributed by atoms with van der Waals surface area (Å²) in [4.78, 5) is 19.3. The molecule has 90 valence electrons. The number of pyridine rings is 1. The van der Waals surface area contributed by atoms with Crippen LogP contribution in [0.4, 0.5) is 0 Å². The summed E-state index contributed by atoms with van der Waals surface area (Å²) in [5, 5.41) is 0. The largest absolute Gasteiger partial charge is 0.328 e. The quantitative estimate of drug-likeness (QED) is 0.926. The summed E-state index contributed by atoms with van der Waals surface area (Å²) in [5.41, 5.74) is 1.31. The Morgan fingerprint density at radius 2 is 2.24 bits per heavy atom. The molecule has 0 aromatic carbocycles. The van der Waals surface area contributed by atoms with Crippen molar-refractivity contribution in [2.75, 3.05) is 0 Å². The van der Waals surface area contributed by atoms with Crippen LogP contribution in [-0.2, 0) is 5.54 Å². The van der Waals surface area contributed by atoms with E-state index in [0.717, 1.165) is 15.6 Å². The maximum Gasteiger partial charge on any atom is 0.328 e. The van der Waals surface area contributed by atoms with Crippen molar-refractivity contribution in [3.8, 4) is 0 Å². The highest BCUT2D eigenvalue weighted by Crippen LogP contribution is 2.44. The van der Waals surface area contributed by atoms with Gasteiger partial charge in [-0.3, -0.25) is 4.57 Å². The molecule has 1 saturated carbocycles. The second-order valence-corrected chi connectivity index (χ2v) is 6.13. The lowest BCUT2D eigenvalue weighted by atomic mass is 9.98. The minimum absolute atomic E-state index is 0.0671. The molecular formula is C12H14BrN3O. The Kier molecular flexibility index (Phi) is 2.23. The van der Waals surface area contributed by atoms with Crippen molar-refractivity contribution < 1.29 is 0 Å². The fraction of sp³-hybridized carbons (Fsp3) is 0.500. The standard InChI is InChI=1S/C12H14BrN3O/c1-12(2,7-3-4-7)16-10-9(15-11(16)17)5-8(13)6-14-10/h5-7H,3-4H2,1-2H3,(H,15,17). The van der Waals surface area contributed by atoms with E-state index in [1.165, 1.54) is 12.8 Å². The molecule has 1 fully saturated rings. The first-order chi connectivity index (χ1) is 8.00. The number of hydrogen-bond acceptors (Lipinski definition) is 2. The van der Waals surface area contributed by atoms with Crippen LogP contribution in [-0.4, -0.2) is 14.5 Å². The normalized spacial score (nSPS) is 16.6. The van der Waals surface area contributed by atoms with Gasteiger partial charge in [0.05, 0.1) is 5.52 Å². The van der Waals surface area contributed by atoms with Crippen LogP contribution in [0.1, 0.15) is 26.7 Å². The second kappa shape index (κ2) is 3.45. The van der Waals surface area contributed by atoms with Gasteiger partial charge in [0.25, 0.3) is 0 Å². The number of nitrogens with one attached hydrogen (secondary N) is 1. The van der Waals surface area contributed by atoms with Crippen molar-refractivity contribution in [1.29, 1.82) is 0 Å². The Hall–Kier alpha value is -1.10. The Bertz CT molecular complexity index is 637. The van der Waals surface area contributed by atoms with Gasteiger partial charge in [0.1, 0.15) is 0 Å². The third-order valence-corrected chi connectivity index (χ3v) is 4.08. The van der Waals surface area contributed by atoms with E-state index in [9.17, 15) is 4.79 Å². The predicted molar refractivity (Wildman–Crippen MR) is 70.1 cm³/mol. The Morgan fingerprint density at radius 3 is 2.88 bits per heavy atom. The molecule has 1 aliphatic rings. The summed E-state index contributed by atoms with van der Waals surface area (Å²) in [7, 11) is 0. The third-order valence-electron chi connectivity index (χ3n) is 3.64. The molecule has 1 N–H and O–H groups in total. The van der Waals surface area contributed by atoms with Crippen LogP contribution in [0, 0.1) is 5.92 Å². The molecule has 0 amide bonds. The molecule has 2 aromatic rings. The molecule has 0 aliphatic heterocycles. The lowest BCUT2D eigenvalue weighted by Gasteiger charge is -2.25. The average molecular weight is 296 g/mol. The number of aromatic nitrogens is 3. The molecule has 0 spiro atoms. The molecule has 0 bridgehead atoms. The molecule has 0 atom stereocenters. The lowest BCUT2D eigenvalue weighted by Crippen LogP contribution is -2.36. The number of halogens is 1. The number of nitrogens with zero attached hydrogens (tertiary/aromatic N) is 2. The van der Waals surface area contributed by atoms with Crippen LogP contribution < -0.4 is 5.69 Å². The van der Waals surface area contributed by atoms with Crippen molar-refractivity contribution in [2.24, 2.45) is 5.92 Å². The summed E-state index contributed by atoms with van der Waals surface area (Å²) >= 11 is 3.36. The summed E-state index contributed by atoms with van der Waals surface area (Å²) in [5.74, 6) is 0.588. The first kappa shape index (κ1) is 11.0. The van der Waals surface area contributed by atoms with Gasteiger partial charge in [-0.25, -0.2) is 9.78 Å². The fourth-order valence-electron chi connectivity index (χ4n) is 2.48. The number of aromatic amines is 1. The Morgan fingerprint density at radius 1 is 1.53 bits per heavy atom. The van der Waals surface area contributed by atoms with Gasteiger partial charge in [-0.2, -0.15) is 0 Å². The zero-order valence-corrected chi connectivity index (χ0v) is 11.4. The van der Waals surface area contributed by atoms with Crippen LogP contribution in [0.5, 0.6) is 0 Å². The molecular weight excluding hydrogens is 282 g/mol. The van der Waals surface area contributed by atoms with Crippen LogP contribution in [0.3, 0.4) is 0 Å². The molecule has 0 radical (unpaired) electrons. The fourth-order valence-corrected chi connectivity index (χ4v) is 2.81. The second-order valence-electron chi connectivity index (χ2n) is 5.22. The van der Waals surface area contributed by atoms with Crippen molar-refractivity contribution in [2.45, 2.75) is 32.2 Å². The first-order valence-corrected chi connectivity index (χ1v) is 6.56. The van der Waals surface area contributed by atoms with Crippen LogP contribution >= 0.6 is 15.9 Å². The van der Waals surface area contributed by atoms with Crippen LogP contribution in [0.25, 0.3) is 11.2 Å². The number of hydrogen-bond donors (Lipinski definition) is 1. The van der Waals surface area contributed by atoms with Crippen LogP contribution in [0.2, 0.25) is 0 Å². The molecule has 3 rings (SSSR count). The Labute approximate surface area is 107 Å². The van der Waals surface area contributed by atoms with Gasteiger partial charge in [-0.1, -0.05) is 0 Å². The van der Waals surface area contributed by atoms with E-state index in [-0.39, 0.29) is 11.2 Å². The zero-order valence-electron chi connectivity index (χ0n) is 9.83. The van der Waals surface area contributed by atoms with Crippen LogP contribution in [0.15, 0.2) is 21.5 Å².